The average Bonchev–Trinajstić information content (AvgIpc) is 2.54. The van der Waals surface area contributed by atoms with E-state index in [4.69, 9.17) is 1.37 Å². The van der Waals surface area contributed by atoms with Crippen LogP contribution >= 0.6 is 0 Å². The molecule has 0 radical (unpaired) electrons. The van der Waals surface area contributed by atoms with E-state index >= 15 is 0 Å². The maximum absolute atomic E-state index is 12.5. The van der Waals surface area contributed by atoms with Crippen LogP contribution in [-0.4, -0.2) is 8.42 Å². The lowest BCUT2D eigenvalue weighted by atomic mass is 9.96. The molecule has 2 atom stereocenters. The van der Waals surface area contributed by atoms with Crippen LogP contribution in [0.1, 0.15) is 19.9 Å². The number of sulfonamides is 1. The lowest BCUT2D eigenvalue weighted by Crippen LogP contribution is -2.32. The molecule has 0 bridgehead atoms. The molecule has 4 heteroatoms. The zero-order valence-corrected chi connectivity index (χ0v) is 12.7. The highest BCUT2D eigenvalue weighted by Gasteiger charge is 2.24. The zero-order chi connectivity index (χ0) is 16.2. The molecule has 0 aromatic heterocycles. The molecule has 2 rings (SSSR count). The molecule has 2 aromatic carbocycles. The van der Waals surface area contributed by atoms with E-state index in [2.05, 4.69) is 11.3 Å². The number of hydrogen-bond donors (Lipinski definition) is 1. The Balaban J connectivity index is 2.42. The summed E-state index contributed by atoms with van der Waals surface area (Å²) in [4.78, 5) is 0.177. The van der Waals surface area contributed by atoms with Crippen LogP contribution in [-0.2, 0) is 10.0 Å². The SMILES string of the molecule is [2H][C@](C)(C=C)[C@@H](NS(=O)(=O)c1ccccc1)c1ccccc1. The minimum atomic E-state index is -3.72. The second-order valence-electron chi connectivity index (χ2n) is 4.73. The van der Waals surface area contributed by atoms with Crippen LogP contribution in [0.4, 0.5) is 0 Å². The van der Waals surface area contributed by atoms with Gasteiger partial charge in [-0.3, -0.25) is 0 Å². The molecule has 0 amide bonds. The minimum Gasteiger partial charge on any atom is -0.207 e. The van der Waals surface area contributed by atoms with Crippen molar-refractivity contribution >= 4 is 10.0 Å². The van der Waals surface area contributed by atoms with Crippen LogP contribution in [0.2, 0.25) is 0 Å². The van der Waals surface area contributed by atoms with Crippen molar-refractivity contribution in [3.63, 3.8) is 0 Å². The van der Waals surface area contributed by atoms with Crippen molar-refractivity contribution in [3.8, 4) is 0 Å². The molecule has 0 saturated heterocycles. The quantitative estimate of drug-likeness (QED) is 0.830. The van der Waals surface area contributed by atoms with Crippen molar-refractivity contribution in [2.45, 2.75) is 17.9 Å². The van der Waals surface area contributed by atoms with Crippen molar-refractivity contribution in [2.24, 2.45) is 5.89 Å². The third-order valence-corrected chi connectivity index (χ3v) is 4.68. The Labute approximate surface area is 127 Å². The molecular formula is C17H19NO2S. The van der Waals surface area contributed by atoms with Crippen LogP contribution in [0, 0.1) is 5.89 Å². The zero-order valence-electron chi connectivity index (χ0n) is 12.9. The van der Waals surface area contributed by atoms with E-state index in [1.165, 1.54) is 18.2 Å². The monoisotopic (exact) mass is 302 g/mol. The van der Waals surface area contributed by atoms with Gasteiger partial charge in [-0.1, -0.05) is 61.5 Å². The maximum Gasteiger partial charge on any atom is 0.241 e. The van der Waals surface area contributed by atoms with Crippen molar-refractivity contribution < 1.29 is 9.79 Å². The second kappa shape index (κ2) is 6.70. The summed E-state index contributed by atoms with van der Waals surface area (Å²) in [5.74, 6) is -1.18. The van der Waals surface area contributed by atoms with Crippen LogP contribution in [0.15, 0.2) is 78.2 Å². The average molecular weight is 302 g/mol. The van der Waals surface area contributed by atoms with Gasteiger partial charge in [-0.25, -0.2) is 13.1 Å². The molecule has 0 aliphatic heterocycles. The van der Waals surface area contributed by atoms with Crippen molar-refractivity contribution in [1.29, 1.82) is 0 Å². The largest absolute Gasteiger partial charge is 0.241 e. The molecule has 2 aromatic rings. The lowest BCUT2D eigenvalue weighted by Gasteiger charge is -2.23. The van der Waals surface area contributed by atoms with Gasteiger partial charge in [0.15, 0.2) is 0 Å². The Morgan fingerprint density at radius 1 is 1.10 bits per heavy atom. The highest BCUT2D eigenvalue weighted by atomic mass is 32.2. The Bertz CT molecular complexity index is 728. The normalized spacial score (nSPS) is 16.5. The van der Waals surface area contributed by atoms with Crippen LogP contribution in [0.5, 0.6) is 0 Å². The van der Waals surface area contributed by atoms with Gasteiger partial charge in [-0.2, -0.15) is 0 Å². The molecular weight excluding hydrogens is 282 g/mol. The van der Waals surface area contributed by atoms with Gasteiger partial charge in [-0.15, -0.1) is 6.58 Å². The number of nitrogens with one attached hydrogen (secondary N) is 1. The molecule has 0 unspecified atom stereocenters. The van der Waals surface area contributed by atoms with E-state index < -0.39 is 22.0 Å². The number of benzene rings is 2. The molecule has 0 saturated carbocycles. The second-order valence-corrected chi connectivity index (χ2v) is 6.44. The van der Waals surface area contributed by atoms with Crippen LogP contribution in [0.25, 0.3) is 0 Å². The number of rotatable bonds is 6. The van der Waals surface area contributed by atoms with Gasteiger partial charge in [0.1, 0.15) is 0 Å². The predicted molar refractivity (Wildman–Crippen MR) is 85.3 cm³/mol. The van der Waals surface area contributed by atoms with E-state index in [1.54, 1.807) is 37.3 Å². The Morgan fingerprint density at radius 2 is 1.62 bits per heavy atom. The first-order valence-corrected chi connectivity index (χ1v) is 8.11. The first-order chi connectivity index (χ1) is 10.4. The van der Waals surface area contributed by atoms with E-state index in [9.17, 15) is 8.42 Å². The molecule has 0 aliphatic rings. The van der Waals surface area contributed by atoms with E-state index in [1.807, 2.05) is 18.2 Å². The summed E-state index contributed by atoms with van der Waals surface area (Å²) in [6.45, 7) is 5.29. The highest BCUT2D eigenvalue weighted by Crippen LogP contribution is 2.25. The molecule has 3 nitrogen and oxygen atoms in total. The Kier molecular flexibility index (Phi) is 4.48. The lowest BCUT2D eigenvalue weighted by molar-refractivity contribution is 0.498. The highest BCUT2D eigenvalue weighted by molar-refractivity contribution is 7.89. The molecule has 21 heavy (non-hydrogen) atoms. The van der Waals surface area contributed by atoms with E-state index in [0.717, 1.165) is 5.56 Å². The van der Waals surface area contributed by atoms with E-state index in [-0.39, 0.29) is 4.90 Å². The van der Waals surface area contributed by atoms with Crippen LogP contribution in [0.3, 0.4) is 0 Å². The van der Waals surface area contributed by atoms with Gasteiger partial charge in [0, 0.05) is 1.37 Å². The summed E-state index contributed by atoms with van der Waals surface area (Å²) >= 11 is 0. The fraction of sp³-hybridized carbons (Fsp3) is 0.176. The Hall–Kier alpha value is -1.91. The van der Waals surface area contributed by atoms with E-state index in [0.29, 0.717) is 0 Å². The standard InChI is InChI=1S/C17H19NO2S/c1-3-14(2)17(15-10-6-4-7-11-15)18-21(19,20)16-12-8-5-9-13-16/h3-14,17-18H,1H2,2H3/t14-,17+/m0/s1/i14D. The Morgan fingerprint density at radius 3 is 2.14 bits per heavy atom. The van der Waals surface area contributed by atoms with Crippen molar-refractivity contribution in [3.05, 3.63) is 78.9 Å². The molecule has 110 valence electrons. The van der Waals surface area contributed by atoms with Gasteiger partial charge >= 0.3 is 0 Å². The van der Waals surface area contributed by atoms with Crippen molar-refractivity contribution in [1.82, 2.24) is 4.72 Å². The topological polar surface area (TPSA) is 46.2 Å². The molecule has 0 heterocycles. The van der Waals surface area contributed by atoms with Gasteiger partial charge in [0.25, 0.3) is 0 Å². The summed E-state index contributed by atoms with van der Waals surface area (Å²) in [5, 5.41) is 0. The fourth-order valence-electron chi connectivity index (χ4n) is 2.01. The summed E-state index contributed by atoms with van der Waals surface area (Å²) in [6.07, 6.45) is 1.44. The van der Waals surface area contributed by atoms with Gasteiger partial charge in [-0.05, 0) is 23.6 Å². The smallest absolute Gasteiger partial charge is 0.207 e. The summed E-state index contributed by atoms with van der Waals surface area (Å²) in [6, 6.07) is 16.5. The first kappa shape index (κ1) is 14.0. The molecule has 0 fully saturated rings. The molecule has 0 aliphatic carbocycles. The molecule has 1 N–H and O–H groups in total. The third kappa shape index (κ3) is 3.80. The maximum atomic E-state index is 12.5. The number of hydrogen-bond acceptors (Lipinski definition) is 2. The first-order valence-electron chi connectivity index (χ1n) is 7.13. The van der Waals surface area contributed by atoms with Gasteiger partial charge in [0.05, 0.1) is 10.9 Å². The fourth-order valence-corrected chi connectivity index (χ4v) is 3.29. The summed E-state index contributed by atoms with van der Waals surface area (Å²) < 4.78 is 36.1. The van der Waals surface area contributed by atoms with Crippen molar-refractivity contribution in [2.75, 3.05) is 0 Å². The summed E-state index contributed by atoms with van der Waals surface area (Å²) in [5.41, 5.74) is 0.722. The minimum absolute atomic E-state index is 0.177. The van der Waals surface area contributed by atoms with Gasteiger partial charge < -0.3 is 0 Å². The third-order valence-electron chi connectivity index (χ3n) is 3.24. The van der Waals surface area contributed by atoms with Gasteiger partial charge in [0.2, 0.25) is 10.0 Å². The van der Waals surface area contributed by atoms with Crippen LogP contribution < -0.4 is 4.72 Å². The molecule has 0 spiro atoms. The summed E-state index contributed by atoms with van der Waals surface area (Å²) in [7, 11) is -3.72. The predicted octanol–water partition coefficient (Wildman–Crippen LogP) is 3.53.